The van der Waals surface area contributed by atoms with Crippen molar-refractivity contribution in [2.24, 2.45) is 0 Å². The van der Waals surface area contributed by atoms with Crippen LogP contribution in [0.2, 0.25) is 0 Å². The van der Waals surface area contributed by atoms with Crippen LogP contribution in [0.5, 0.6) is 0 Å². The van der Waals surface area contributed by atoms with Gasteiger partial charge in [0.2, 0.25) is 0 Å². The standard InChI is InChI=1S/C14H6F2/c15-12-7-3-6-11-10-5-2-1-4-9(10)8-13(16)14(11)12/h2-6,8H. The first-order valence-corrected chi connectivity index (χ1v) is 4.85. The zero-order valence-electron chi connectivity index (χ0n) is 8.22. The molecule has 0 amide bonds. The number of rotatable bonds is 0. The quantitative estimate of drug-likeness (QED) is 0.496. The molecular weight excluding hydrogens is 206 g/mol. The lowest BCUT2D eigenvalue weighted by molar-refractivity contribution is 0.608. The lowest BCUT2D eigenvalue weighted by atomic mass is 10.0. The molecule has 0 heterocycles. The lowest BCUT2D eigenvalue weighted by Crippen LogP contribution is -1.87. The highest BCUT2D eigenvalue weighted by Gasteiger charge is 2.09. The highest BCUT2D eigenvalue weighted by atomic mass is 19.1. The summed E-state index contributed by atoms with van der Waals surface area (Å²) in [6.07, 6.45) is 0. The van der Waals surface area contributed by atoms with Gasteiger partial charge >= 0.3 is 0 Å². The van der Waals surface area contributed by atoms with Gasteiger partial charge in [-0.3, -0.25) is 0 Å². The maximum absolute atomic E-state index is 13.7. The molecule has 0 fully saturated rings. The van der Waals surface area contributed by atoms with Crippen molar-refractivity contribution in [1.82, 2.24) is 0 Å². The van der Waals surface area contributed by atoms with Crippen LogP contribution >= 0.6 is 0 Å². The van der Waals surface area contributed by atoms with Crippen LogP contribution in [0.4, 0.5) is 8.78 Å². The number of benzene rings is 3. The molecule has 0 aliphatic carbocycles. The van der Waals surface area contributed by atoms with E-state index in [1.54, 1.807) is 24.3 Å². The molecule has 3 rings (SSSR count). The Labute approximate surface area is 91.1 Å². The highest BCUT2D eigenvalue weighted by molar-refractivity contribution is 6.07. The van der Waals surface area contributed by atoms with Crippen LogP contribution < -0.4 is 0 Å². The number of hydrogen-bond acceptors (Lipinski definition) is 0. The summed E-state index contributed by atoms with van der Waals surface area (Å²) in [5.41, 5.74) is 0. The van der Waals surface area contributed by atoms with Crippen molar-refractivity contribution >= 4 is 21.5 Å². The minimum Gasteiger partial charge on any atom is -0.206 e. The van der Waals surface area contributed by atoms with Crippen LogP contribution in [0, 0.1) is 23.8 Å². The van der Waals surface area contributed by atoms with Crippen molar-refractivity contribution in [2.75, 3.05) is 0 Å². The van der Waals surface area contributed by atoms with Crippen molar-refractivity contribution < 1.29 is 8.78 Å². The second-order valence-corrected chi connectivity index (χ2v) is 3.59. The Hall–Kier alpha value is -1.96. The minimum atomic E-state index is -0.648. The fourth-order valence-corrected chi connectivity index (χ4v) is 1.95. The summed E-state index contributed by atoms with van der Waals surface area (Å²) >= 11 is 0. The third-order valence-electron chi connectivity index (χ3n) is 2.66. The SMILES string of the molecule is Fc1[c]ccc2c1c(F)cc1c[c]ccc12. The summed E-state index contributed by atoms with van der Waals surface area (Å²) < 4.78 is 27.2. The van der Waals surface area contributed by atoms with Crippen LogP contribution in [0.3, 0.4) is 0 Å². The fourth-order valence-electron chi connectivity index (χ4n) is 1.95. The second-order valence-electron chi connectivity index (χ2n) is 3.59. The Bertz CT molecular complexity index is 687. The Morgan fingerprint density at radius 3 is 2.69 bits per heavy atom. The summed E-state index contributed by atoms with van der Waals surface area (Å²) in [6, 6.07) is 14.9. The Morgan fingerprint density at radius 1 is 1.00 bits per heavy atom. The van der Waals surface area contributed by atoms with Gasteiger partial charge in [-0.2, -0.15) is 0 Å². The van der Waals surface area contributed by atoms with E-state index in [1.807, 2.05) is 0 Å². The molecule has 3 aromatic rings. The average Bonchev–Trinajstić information content (AvgIpc) is 2.29. The van der Waals surface area contributed by atoms with E-state index in [1.165, 1.54) is 12.1 Å². The van der Waals surface area contributed by atoms with Gasteiger partial charge in [-0.25, -0.2) is 8.78 Å². The summed E-state index contributed by atoms with van der Waals surface area (Å²) in [7, 11) is 0. The zero-order valence-corrected chi connectivity index (χ0v) is 8.22. The minimum absolute atomic E-state index is 0.00111. The van der Waals surface area contributed by atoms with E-state index < -0.39 is 11.6 Å². The van der Waals surface area contributed by atoms with Crippen LogP contribution in [0.25, 0.3) is 21.5 Å². The molecule has 76 valence electrons. The molecule has 0 atom stereocenters. The molecule has 0 unspecified atom stereocenters. The van der Waals surface area contributed by atoms with E-state index in [2.05, 4.69) is 12.1 Å². The van der Waals surface area contributed by atoms with Gasteiger partial charge < -0.3 is 0 Å². The van der Waals surface area contributed by atoms with Gasteiger partial charge in [-0.05, 0) is 34.4 Å². The fraction of sp³-hybridized carbons (Fsp3) is 0. The Morgan fingerprint density at radius 2 is 1.81 bits per heavy atom. The average molecular weight is 212 g/mol. The Kier molecular flexibility index (Phi) is 1.90. The third kappa shape index (κ3) is 1.20. The predicted octanol–water partition coefficient (Wildman–Crippen LogP) is 3.87. The topological polar surface area (TPSA) is 0 Å². The number of fused-ring (bicyclic) bond motifs is 3. The summed E-state index contributed by atoms with van der Waals surface area (Å²) in [5, 5.41) is 2.11. The largest absolute Gasteiger partial charge is 0.206 e. The molecule has 0 aromatic heterocycles. The molecule has 0 saturated heterocycles. The van der Waals surface area contributed by atoms with Crippen molar-refractivity contribution in [2.45, 2.75) is 0 Å². The van der Waals surface area contributed by atoms with Crippen LogP contribution in [0.15, 0.2) is 36.4 Å². The van der Waals surface area contributed by atoms with Crippen molar-refractivity contribution in [3.63, 3.8) is 0 Å². The van der Waals surface area contributed by atoms with Gasteiger partial charge in [0.05, 0.1) is 5.39 Å². The van der Waals surface area contributed by atoms with Gasteiger partial charge in [-0.1, -0.05) is 24.3 Å². The molecule has 2 heteroatoms. The van der Waals surface area contributed by atoms with Crippen molar-refractivity contribution in [3.05, 3.63) is 60.2 Å². The first kappa shape index (κ1) is 9.28. The van der Waals surface area contributed by atoms with Gasteiger partial charge in [0, 0.05) is 6.07 Å². The molecule has 2 radical (unpaired) electrons. The van der Waals surface area contributed by atoms with Gasteiger partial charge in [0.1, 0.15) is 11.6 Å². The maximum atomic E-state index is 13.7. The van der Waals surface area contributed by atoms with Crippen LogP contribution in [-0.4, -0.2) is 0 Å². The maximum Gasteiger partial charge on any atom is 0.141 e. The van der Waals surface area contributed by atoms with Gasteiger partial charge in [0.25, 0.3) is 0 Å². The molecule has 0 bridgehead atoms. The molecule has 0 spiro atoms. The highest BCUT2D eigenvalue weighted by Crippen LogP contribution is 2.29. The first-order chi connectivity index (χ1) is 7.77. The monoisotopic (exact) mass is 212 g/mol. The zero-order chi connectivity index (χ0) is 11.1. The number of hydrogen-bond donors (Lipinski definition) is 0. The summed E-state index contributed by atoms with van der Waals surface area (Å²) in [5.74, 6) is -1.21. The second kappa shape index (κ2) is 3.27. The first-order valence-electron chi connectivity index (χ1n) is 4.85. The summed E-state index contributed by atoms with van der Waals surface area (Å²) in [4.78, 5) is 0. The molecular formula is C14H6F2. The molecule has 16 heavy (non-hydrogen) atoms. The smallest absolute Gasteiger partial charge is 0.141 e. The van der Waals surface area contributed by atoms with E-state index in [9.17, 15) is 8.78 Å². The van der Waals surface area contributed by atoms with Crippen LogP contribution in [0.1, 0.15) is 0 Å². The molecule has 0 saturated carbocycles. The molecule has 0 N–H and O–H groups in total. The third-order valence-corrected chi connectivity index (χ3v) is 2.66. The Balaban J connectivity index is 2.65. The molecule has 3 aromatic carbocycles. The van der Waals surface area contributed by atoms with E-state index in [0.29, 0.717) is 5.39 Å². The molecule has 0 aliphatic rings. The van der Waals surface area contributed by atoms with E-state index >= 15 is 0 Å². The van der Waals surface area contributed by atoms with Gasteiger partial charge in [-0.15, -0.1) is 0 Å². The predicted molar refractivity (Wildman–Crippen MR) is 59.0 cm³/mol. The summed E-state index contributed by atoms with van der Waals surface area (Å²) in [6.45, 7) is 0. The lowest BCUT2D eigenvalue weighted by Gasteiger charge is -2.05. The van der Waals surface area contributed by atoms with Crippen molar-refractivity contribution in [3.8, 4) is 0 Å². The number of halogens is 2. The van der Waals surface area contributed by atoms with Crippen molar-refractivity contribution in [1.29, 1.82) is 0 Å². The van der Waals surface area contributed by atoms with E-state index in [4.69, 9.17) is 0 Å². The molecule has 0 aliphatic heterocycles. The van der Waals surface area contributed by atoms with E-state index in [-0.39, 0.29) is 5.39 Å². The van der Waals surface area contributed by atoms with Crippen LogP contribution in [-0.2, 0) is 0 Å². The van der Waals surface area contributed by atoms with E-state index in [0.717, 1.165) is 10.8 Å². The molecule has 0 nitrogen and oxygen atoms in total. The van der Waals surface area contributed by atoms with Gasteiger partial charge in [0.15, 0.2) is 0 Å². The normalized spacial score (nSPS) is 11.1.